The topological polar surface area (TPSA) is 55.1 Å². The summed E-state index contributed by atoms with van der Waals surface area (Å²) in [5.41, 5.74) is 4.54. The van der Waals surface area contributed by atoms with Gasteiger partial charge in [-0.1, -0.05) is 6.07 Å². The van der Waals surface area contributed by atoms with Gasteiger partial charge in [0.05, 0.1) is 17.2 Å². The Morgan fingerprint density at radius 3 is 2.62 bits per heavy atom. The smallest absolute Gasteiger partial charge is 0.398 e. The number of nitrogens with one attached hydrogen (secondary N) is 1. The summed E-state index contributed by atoms with van der Waals surface area (Å²) in [5, 5.41) is 4.50. The molecule has 1 unspecified atom stereocenters. The Kier molecular flexibility index (Phi) is 4.22. The van der Waals surface area contributed by atoms with E-state index in [0.717, 1.165) is 23.1 Å². The highest BCUT2D eigenvalue weighted by Crippen LogP contribution is 2.31. The first kappa shape index (κ1) is 15.4. The van der Waals surface area contributed by atoms with Crippen molar-refractivity contribution in [2.24, 2.45) is 0 Å². The monoisotopic (exact) mass is 314 g/mol. The highest BCUT2D eigenvalue weighted by atomic mass is 32.1. The number of carbonyl (C=O) groups is 1. The number of nitrogen functional groups attached to an aromatic ring is 1. The molecular formula is C14H13F3N2OS. The number of benzene rings is 1. The van der Waals surface area contributed by atoms with Gasteiger partial charge in [-0.2, -0.15) is 13.2 Å². The second kappa shape index (κ2) is 5.77. The lowest BCUT2D eigenvalue weighted by atomic mass is 10.1. The maximum absolute atomic E-state index is 12.7. The van der Waals surface area contributed by atoms with Crippen LogP contribution in [0.5, 0.6) is 0 Å². The number of amides is 1. The van der Waals surface area contributed by atoms with Crippen molar-refractivity contribution in [1.29, 1.82) is 0 Å². The van der Waals surface area contributed by atoms with E-state index < -0.39 is 17.6 Å². The van der Waals surface area contributed by atoms with Gasteiger partial charge in [-0.05, 0) is 36.6 Å². The zero-order valence-electron chi connectivity index (χ0n) is 11.1. The molecule has 112 valence electrons. The number of carbonyl (C=O) groups excluding carboxylic acids is 1. The molecule has 2 rings (SSSR count). The van der Waals surface area contributed by atoms with Crippen LogP contribution in [0, 0.1) is 0 Å². The first-order chi connectivity index (χ1) is 9.79. The number of alkyl halides is 3. The minimum atomic E-state index is -4.51. The molecule has 0 aliphatic carbocycles. The normalized spacial score (nSPS) is 13.0. The molecule has 0 saturated heterocycles. The zero-order valence-corrected chi connectivity index (χ0v) is 11.9. The summed E-state index contributed by atoms with van der Waals surface area (Å²) in [7, 11) is 0. The predicted octanol–water partition coefficient (Wildman–Crippen LogP) is 3.84. The van der Waals surface area contributed by atoms with Crippen LogP contribution in [-0.2, 0) is 6.18 Å². The summed E-state index contributed by atoms with van der Waals surface area (Å²) in [4.78, 5) is 13.0. The first-order valence-electron chi connectivity index (χ1n) is 6.10. The van der Waals surface area contributed by atoms with Crippen molar-refractivity contribution in [3.05, 3.63) is 51.7 Å². The van der Waals surface area contributed by atoms with E-state index in [-0.39, 0.29) is 17.3 Å². The van der Waals surface area contributed by atoms with Gasteiger partial charge >= 0.3 is 6.18 Å². The molecule has 21 heavy (non-hydrogen) atoms. The van der Waals surface area contributed by atoms with Crippen LogP contribution in [0.25, 0.3) is 0 Å². The summed E-state index contributed by atoms with van der Waals surface area (Å²) in [6.45, 7) is 1.76. The van der Waals surface area contributed by atoms with E-state index in [2.05, 4.69) is 5.32 Å². The van der Waals surface area contributed by atoms with Gasteiger partial charge in [0.15, 0.2) is 0 Å². The molecular weight excluding hydrogens is 301 g/mol. The molecule has 1 aromatic heterocycles. The van der Waals surface area contributed by atoms with Crippen LogP contribution >= 0.6 is 11.3 Å². The second-order valence-electron chi connectivity index (χ2n) is 4.51. The third-order valence-electron chi connectivity index (χ3n) is 2.94. The van der Waals surface area contributed by atoms with Gasteiger partial charge < -0.3 is 11.1 Å². The molecule has 7 heteroatoms. The second-order valence-corrected chi connectivity index (χ2v) is 5.49. The Bertz CT molecular complexity index is 638. The van der Waals surface area contributed by atoms with Crippen molar-refractivity contribution >= 4 is 22.9 Å². The summed E-state index contributed by atoms with van der Waals surface area (Å²) in [6.07, 6.45) is -4.51. The lowest BCUT2D eigenvalue weighted by Crippen LogP contribution is -2.27. The molecule has 1 amide bonds. The molecule has 0 fully saturated rings. The zero-order chi connectivity index (χ0) is 15.6. The lowest BCUT2D eigenvalue weighted by molar-refractivity contribution is -0.137. The highest BCUT2D eigenvalue weighted by molar-refractivity contribution is 7.10. The maximum Gasteiger partial charge on any atom is 0.416 e. The number of hydrogen-bond acceptors (Lipinski definition) is 3. The molecule has 3 nitrogen and oxygen atoms in total. The van der Waals surface area contributed by atoms with E-state index in [1.807, 2.05) is 17.5 Å². The summed E-state index contributed by atoms with van der Waals surface area (Å²) < 4.78 is 38.0. The van der Waals surface area contributed by atoms with Crippen molar-refractivity contribution in [1.82, 2.24) is 5.32 Å². The lowest BCUT2D eigenvalue weighted by Gasteiger charge is -2.15. The highest BCUT2D eigenvalue weighted by Gasteiger charge is 2.31. The minimum absolute atomic E-state index is 0.0129. The molecule has 0 bridgehead atoms. The Labute approximate surface area is 123 Å². The van der Waals surface area contributed by atoms with Crippen molar-refractivity contribution in [3.8, 4) is 0 Å². The average Bonchev–Trinajstić information content (AvgIpc) is 2.91. The fourth-order valence-corrected chi connectivity index (χ4v) is 2.55. The van der Waals surface area contributed by atoms with E-state index in [9.17, 15) is 18.0 Å². The van der Waals surface area contributed by atoms with E-state index in [1.165, 1.54) is 11.3 Å². The average molecular weight is 314 g/mol. The van der Waals surface area contributed by atoms with Gasteiger partial charge in [-0.25, -0.2) is 0 Å². The van der Waals surface area contributed by atoms with Crippen molar-refractivity contribution in [2.75, 3.05) is 5.73 Å². The van der Waals surface area contributed by atoms with Crippen LogP contribution in [0.3, 0.4) is 0 Å². The number of halogens is 3. The van der Waals surface area contributed by atoms with E-state index in [0.29, 0.717) is 0 Å². The molecule has 0 spiro atoms. The number of thiophene rings is 1. The van der Waals surface area contributed by atoms with Crippen LogP contribution in [0.4, 0.5) is 18.9 Å². The van der Waals surface area contributed by atoms with Crippen LogP contribution in [-0.4, -0.2) is 5.91 Å². The third kappa shape index (κ3) is 3.55. The number of anilines is 1. The molecule has 1 heterocycles. The standard InChI is InChI=1S/C14H13F3N2OS/c1-8(12-3-2-6-21-12)19-13(20)10-7-9(14(15,16)17)4-5-11(10)18/h2-8H,18H2,1H3,(H,19,20). The fraction of sp³-hybridized carbons (Fsp3) is 0.214. The minimum Gasteiger partial charge on any atom is -0.398 e. The molecule has 1 aromatic carbocycles. The van der Waals surface area contributed by atoms with Gasteiger partial charge in [0, 0.05) is 10.6 Å². The molecule has 1 atom stereocenters. The van der Waals surface area contributed by atoms with Gasteiger partial charge in [0.2, 0.25) is 0 Å². The molecule has 0 aliphatic rings. The molecule has 2 aromatic rings. The number of hydrogen-bond donors (Lipinski definition) is 2. The first-order valence-corrected chi connectivity index (χ1v) is 6.98. The quantitative estimate of drug-likeness (QED) is 0.846. The van der Waals surface area contributed by atoms with Crippen LogP contribution < -0.4 is 11.1 Å². The van der Waals surface area contributed by atoms with E-state index >= 15 is 0 Å². The molecule has 0 radical (unpaired) electrons. The van der Waals surface area contributed by atoms with Crippen molar-refractivity contribution < 1.29 is 18.0 Å². The van der Waals surface area contributed by atoms with Crippen LogP contribution in [0.15, 0.2) is 35.7 Å². The van der Waals surface area contributed by atoms with Gasteiger partial charge in [-0.15, -0.1) is 11.3 Å². The summed E-state index contributed by atoms with van der Waals surface area (Å²) in [5.74, 6) is -0.625. The van der Waals surface area contributed by atoms with Crippen molar-refractivity contribution in [3.63, 3.8) is 0 Å². The summed E-state index contributed by atoms with van der Waals surface area (Å²) >= 11 is 1.45. The largest absolute Gasteiger partial charge is 0.416 e. The van der Waals surface area contributed by atoms with Crippen LogP contribution in [0.2, 0.25) is 0 Å². The molecule has 3 N–H and O–H groups in total. The maximum atomic E-state index is 12.7. The van der Waals surface area contributed by atoms with Gasteiger partial charge in [-0.3, -0.25) is 4.79 Å². The predicted molar refractivity (Wildman–Crippen MR) is 76.1 cm³/mol. The molecule has 0 aliphatic heterocycles. The van der Waals surface area contributed by atoms with Crippen molar-refractivity contribution in [2.45, 2.75) is 19.1 Å². The van der Waals surface area contributed by atoms with Crippen LogP contribution in [0.1, 0.15) is 33.8 Å². The number of rotatable bonds is 3. The van der Waals surface area contributed by atoms with E-state index in [4.69, 9.17) is 5.73 Å². The Hall–Kier alpha value is -2.02. The Balaban J connectivity index is 2.23. The SMILES string of the molecule is CC(NC(=O)c1cc(C(F)(F)F)ccc1N)c1cccs1. The van der Waals surface area contributed by atoms with Gasteiger partial charge in [0.25, 0.3) is 5.91 Å². The molecule has 0 saturated carbocycles. The Morgan fingerprint density at radius 2 is 2.05 bits per heavy atom. The summed E-state index contributed by atoms with van der Waals surface area (Å²) in [6, 6.07) is 6.09. The Morgan fingerprint density at radius 1 is 1.33 bits per heavy atom. The fourth-order valence-electron chi connectivity index (χ4n) is 1.81. The van der Waals surface area contributed by atoms with E-state index in [1.54, 1.807) is 6.92 Å². The third-order valence-corrected chi connectivity index (χ3v) is 4.00. The number of nitrogens with two attached hydrogens (primary N) is 1. The van der Waals surface area contributed by atoms with Gasteiger partial charge in [0.1, 0.15) is 0 Å².